The molecule has 2 aromatic carbocycles. The average Bonchev–Trinajstić information content (AvgIpc) is 3.12. The van der Waals surface area contributed by atoms with E-state index in [-0.39, 0.29) is 29.0 Å². The van der Waals surface area contributed by atoms with Gasteiger partial charge in [0.15, 0.2) is 21.3 Å². The van der Waals surface area contributed by atoms with Crippen LogP contribution in [0.25, 0.3) is 0 Å². The molecule has 2 amide bonds. The van der Waals surface area contributed by atoms with Crippen molar-refractivity contribution in [2.75, 3.05) is 29.2 Å². The van der Waals surface area contributed by atoms with Crippen molar-refractivity contribution in [1.29, 1.82) is 0 Å². The van der Waals surface area contributed by atoms with Gasteiger partial charge in [-0.15, -0.1) is 0 Å². The summed E-state index contributed by atoms with van der Waals surface area (Å²) in [6, 6.07) is 9.88. The monoisotopic (exact) mass is 458 g/mol. The van der Waals surface area contributed by atoms with Crippen LogP contribution in [0.4, 0.5) is 11.4 Å². The summed E-state index contributed by atoms with van der Waals surface area (Å²) in [5.74, 6) is 0.462. The van der Waals surface area contributed by atoms with Crippen LogP contribution in [0.2, 0.25) is 0 Å². The molecule has 0 saturated heterocycles. The highest BCUT2D eigenvalue weighted by Gasteiger charge is 2.31. The number of rotatable bonds is 6. The van der Waals surface area contributed by atoms with Crippen molar-refractivity contribution >= 4 is 33.0 Å². The van der Waals surface area contributed by atoms with Crippen LogP contribution in [0, 0.1) is 0 Å². The summed E-state index contributed by atoms with van der Waals surface area (Å²) in [6.07, 6.45) is 0.821. The summed E-state index contributed by atoms with van der Waals surface area (Å²) in [5, 5.41) is 2.71. The Morgan fingerprint density at radius 3 is 2.59 bits per heavy atom. The molecule has 0 saturated carbocycles. The van der Waals surface area contributed by atoms with Gasteiger partial charge in [0.25, 0.3) is 0 Å². The number of nitrogens with one attached hydrogen (secondary N) is 1. The maximum Gasteiger partial charge on any atom is 0.226 e. The average molecular weight is 459 g/mol. The number of carbonyl (C=O) groups excluding carboxylic acids is 2. The summed E-state index contributed by atoms with van der Waals surface area (Å²) in [4.78, 5) is 26.5. The Bertz CT molecular complexity index is 1160. The van der Waals surface area contributed by atoms with Gasteiger partial charge in [0, 0.05) is 36.3 Å². The lowest BCUT2D eigenvalue weighted by Crippen LogP contribution is -2.35. The summed E-state index contributed by atoms with van der Waals surface area (Å²) < 4.78 is 36.6. The van der Waals surface area contributed by atoms with Crippen LogP contribution < -0.4 is 19.7 Å². The van der Waals surface area contributed by atoms with Gasteiger partial charge in [0.05, 0.1) is 10.6 Å². The largest absolute Gasteiger partial charge is 0.486 e. The van der Waals surface area contributed by atoms with Gasteiger partial charge < -0.3 is 19.7 Å². The van der Waals surface area contributed by atoms with Crippen molar-refractivity contribution < 1.29 is 27.5 Å². The van der Waals surface area contributed by atoms with Crippen LogP contribution in [0.1, 0.15) is 32.3 Å². The molecule has 0 aliphatic carbocycles. The molecule has 0 bridgehead atoms. The topological polar surface area (TPSA) is 102 Å². The Kier molecular flexibility index (Phi) is 6.10. The number of hydrogen-bond acceptors (Lipinski definition) is 6. The van der Waals surface area contributed by atoms with Gasteiger partial charge in [-0.2, -0.15) is 0 Å². The first-order valence-electron chi connectivity index (χ1n) is 10.7. The van der Waals surface area contributed by atoms with Gasteiger partial charge in [-0.1, -0.05) is 6.92 Å². The maximum atomic E-state index is 12.8. The Balaban J connectivity index is 1.41. The number of nitrogens with zero attached hydrogens (tertiary/aromatic N) is 1. The normalized spacial score (nSPS) is 17.1. The molecule has 1 atom stereocenters. The lowest BCUT2D eigenvalue weighted by molar-refractivity contribution is -0.118. The summed E-state index contributed by atoms with van der Waals surface area (Å²) >= 11 is 0. The fraction of sp³-hybridized carbons (Fsp3) is 0.391. The molecule has 9 heteroatoms. The van der Waals surface area contributed by atoms with Crippen molar-refractivity contribution in [2.45, 2.75) is 44.0 Å². The Labute approximate surface area is 187 Å². The molecule has 0 spiro atoms. The number of benzene rings is 2. The van der Waals surface area contributed by atoms with Crippen molar-refractivity contribution in [2.24, 2.45) is 0 Å². The Morgan fingerprint density at radius 1 is 1.09 bits per heavy atom. The second-order valence-corrected chi connectivity index (χ2v) is 10.0. The van der Waals surface area contributed by atoms with Crippen molar-refractivity contribution in [3.8, 4) is 11.5 Å². The van der Waals surface area contributed by atoms with E-state index in [1.165, 1.54) is 6.07 Å². The first kappa shape index (κ1) is 22.1. The molecule has 8 nitrogen and oxygen atoms in total. The van der Waals surface area contributed by atoms with Gasteiger partial charge in [-0.05, 0) is 49.2 Å². The highest BCUT2D eigenvalue weighted by molar-refractivity contribution is 7.91. The second-order valence-electron chi connectivity index (χ2n) is 7.94. The van der Waals surface area contributed by atoms with Crippen molar-refractivity contribution in [3.63, 3.8) is 0 Å². The zero-order valence-electron chi connectivity index (χ0n) is 18.1. The fourth-order valence-corrected chi connectivity index (χ4v) is 5.33. The summed E-state index contributed by atoms with van der Waals surface area (Å²) in [6.45, 7) is 4.67. The standard InChI is InChI=1S/C23H26N2O6S/c1-3-23(27)25-15(2)12-16-13-18(5-6-19(16)25)32(28,29)11-8-22(26)24-17-4-7-20-21(14-17)31-10-9-30-20/h4-7,13-15H,3,8-12H2,1-2H3,(H,24,26). The highest BCUT2D eigenvalue weighted by Crippen LogP contribution is 2.35. The number of fused-ring (bicyclic) bond motifs is 2. The molecule has 2 aliphatic rings. The van der Waals surface area contributed by atoms with E-state index >= 15 is 0 Å². The third kappa shape index (κ3) is 4.43. The Hall–Kier alpha value is -3.07. The van der Waals surface area contributed by atoms with Crippen LogP contribution in [0.3, 0.4) is 0 Å². The first-order valence-corrected chi connectivity index (χ1v) is 12.3. The van der Waals surface area contributed by atoms with Gasteiger partial charge in [-0.3, -0.25) is 9.59 Å². The molecule has 32 heavy (non-hydrogen) atoms. The first-order chi connectivity index (χ1) is 15.3. The van der Waals surface area contributed by atoms with E-state index in [9.17, 15) is 18.0 Å². The summed E-state index contributed by atoms with van der Waals surface area (Å²) in [7, 11) is -3.65. The van der Waals surface area contributed by atoms with Crippen LogP contribution in [0.15, 0.2) is 41.3 Å². The molecule has 0 fully saturated rings. The number of carbonyl (C=O) groups is 2. The van der Waals surface area contributed by atoms with Gasteiger partial charge in [0.1, 0.15) is 13.2 Å². The number of sulfone groups is 1. The Morgan fingerprint density at radius 2 is 1.84 bits per heavy atom. The highest BCUT2D eigenvalue weighted by atomic mass is 32.2. The van der Waals surface area contributed by atoms with Crippen LogP contribution in [-0.2, 0) is 25.8 Å². The maximum absolute atomic E-state index is 12.8. The molecule has 2 aliphatic heterocycles. The van der Waals surface area contributed by atoms with Crippen molar-refractivity contribution in [3.05, 3.63) is 42.0 Å². The second kappa shape index (κ2) is 8.82. The third-order valence-corrected chi connectivity index (χ3v) is 7.33. The zero-order valence-corrected chi connectivity index (χ0v) is 18.9. The van der Waals surface area contributed by atoms with E-state index in [0.717, 1.165) is 11.3 Å². The van der Waals surface area contributed by atoms with E-state index in [1.807, 2.05) is 13.8 Å². The van der Waals surface area contributed by atoms with E-state index in [2.05, 4.69) is 5.32 Å². The quantitative estimate of drug-likeness (QED) is 0.714. The zero-order chi connectivity index (χ0) is 22.9. The molecular formula is C23H26N2O6S. The van der Waals surface area contributed by atoms with Crippen molar-refractivity contribution in [1.82, 2.24) is 0 Å². The number of ether oxygens (including phenoxy) is 2. The molecule has 4 rings (SSSR count). The minimum Gasteiger partial charge on any atom is -0.486 e. The predicted octanol–water partition coefficient (Wildman–Crippen LogP) is 2.95. The van der Waals surface area contributed by atoms with E-state index in [0.29, 0.717) is 43.2 Å². The van der Waals surface area contributed by atoms with E-state index in [1.54, 1.807) is 35.2 Å². The summed E-state index contributed by atoms with van der Waals surface area (Å²) in [5.41, 5.74) is 2.12. The number of amides is 2. The molecule has 1 N–H and O–H groups in total. The molecule has 2 heterocycles. The van der Waals surface area contributed by atoms with Gasteiger partial charge in [-0.25, -0.2) is 8.42 Å². The smallest absolute Gasteiger partial charge is 0.226 e. The minimum absolute atomic E-state index is 0.00724. The molecule has 1 unspecified atom stereocenters. The molecular weight excluding hydrogens is 432 g/mol. The molecule has 0 aromatic heterocycles. The predicted molar refractivity (Wildman–Crippen MR) is 120 cm³/mol. The fourth-order valence-electron chi connectivity index (χ4n) is 4.04. The van der Waals surface area contributed by atoms with Crippen LogP contribution in [-0.4, -0.2) is 45.2 Å². The molecule has 170 valence electrons. The SMILES string of the molecule is CCC(=O)N1c2ccc(S(=O)(=O)CCC(=O)Nc3ccc4c(c3)OCCO4)cc2CC1C. The lowest BCUT2D eigenvalue weighted by atomic mass is 10.1. The van der Waals surface area contributed by atoms with E-state index in [4.69, 9.17) is 9.47 Å². The minimum atomic E-state index is -3.65. The number of hydrogen-bond donors (Lipinski definition) is 1. The van der Waals surface area contributed by atoms with Gasteiger partial charge >= 0.3 is 0 Å². The van der Waals surface area contributed by atoms with E-state index < -0.39 is 15.7 Å². The van der Waals surface area contributed by atoms with Crippen LogP contribution in [0.5, 0.6) is 11.5 Å². The lowest BCUT2D eigenvalue weighted by Gasteiger charge is -2.22. The molecule has 2 aromatic rings. The van der Waals surface area contributed by atoms with Crippen LogP contribution >= 0.6 is 0 Å². The molecule has 0 radical (unpaired) electrons. The van der Waals surface area contributed by atoms with Gasteiger partial charge in [0.2, 0.25) is 11.8 Å². The number of anilines is 2. The third-order valence-electron chi connectivity index (χ3n) is 5.62.